The molecule has 92 valence electrons. The van der Waals surface area contributed by atoms with Crippen LogP contribution in [0.5, 0.6) is 0 Å². The maximum atomic E-state index is 11.3. The lowest BCUT2D eigenvalue weighted by Crippen LogP contribution is -2.07. The lowest BCUT2D eigenvalue weighted by molar-refractivity contribution is -0.139. The van der Waals surface area contributed by atoms with Gasteiger partial charge in [0.05, 0.1) is 18.9 Å². The van der Waals surface area contributed by atoms with Gasteiger partial charge in [-0.3, -0.25) is 9.59 Å². The fourth-order valence-electron chi connectivity index (χ4n) is 1.56. The molecule has 0 bridgehead atoms. The molecule has 0 heterocycles. The molecule has 1 rings (SSSR count). The second-order valence-corrected chi connectivity index (χ2v) is 4.42. The second-order valence-electron chi connectivity index (χ2n) is 3.86. The highest BCUT2D eigenvalue weighted by Gasteiger charge is 2.07. The van der Waals surface area contributed by atoms with Crippen molar-refractivity contribution in [1.82, 2.24) is 0 Å². The zero-order valence-electron chi connectivity index (χ0n) is 9.96. The minimum atomic E-state index is -0.256. The number of rotatable bonds is 5. The van der Waals surface area contributed by atoms with Crippen molar-refractivity contribution in [1.29, 1.82) is 0 Å². The van der Waals surface area contributed by atoms with Gasteiger partial charge in [0, 0.05) is 6.42 Å². The number of carbonyl (C=O) groups is 2. The first kappa shape index (κ1) is 13.9. The summed E-state index contributed by atoms with van der Waals surface area (Å²) in [6, 6.07) is 5.68. The van der Waals surface area contributed by atoms with E-state index in [4.69, 9.17) is 0 Å². The minimum Gasteiger partial charge on any atom is -0.469 e. The van der Waals surface area contributed by atoms with E-state index in [0.717, 1.165) is 16.7 Å². The van der Waals surface area contributed by atoms with Crippen molar-refractivity contribution < 1.29 is 14.3 Å². The Bertz CT molecular complexity index is 427. The highest BCUT2D eigenvalue weighted by Crippen LogP contribution is 2.13. The number of esters is 1. The molecule has 3 nitrogen and oxygen atoms in total. The predicted octanol–water partition coefficient (Wildman–Crippen LogP) is 2.22. The largest absolute Gasteiger partial charge is 0.469 e. The molecule has 0 unspecified atom stereocenters. The second kappa shape index (κ2) is 6.55. The summed E-state index contributed by atoms with van der Waals surface area (Å²) in [7, 11) is 1.37. The number of halogens is 1. The molecule has 0 aliphatic heterocycles. The quantitative estimate of drug-likeness (QED) is 0.618. The number of alkyl halides is 1. The maximum absolute atomic E-state index is 11.3. The molecule has 0 saturated carbocycles. The number of ether oxygens (including phenoxy) is 1. The van der Waals surface area contributed by atoms with Crippen LogP contribution in [0.25, 0.3) is 0 Å². The Kier molecular flexibility index (Phi) is 5.35. The van der Waals surface area contributed by atoms with Crippen LogP contribution < -0.4 is 0 Å². The molecule has 4 heteroatoms. The first-order valence-electron chi connectivity index (χ1n) is 5.29. The van der Waals surface area contributed by atoms with Crippen LogP contribution in [0.2, 0.25) is 0 Å². The van der Waals surface area contributed by atoms with Gasteiger partial charge in [-0.15, -0.1) is 0 Å². The van der Waals surface area contributed by atoms with Crippen LogP contribution in [0.15, 0.2) is 18.2 Å². The standard InChI is InChI=1S/C13H15BrO3/c1-9-5-10(6-13(16)17-2)3-4-11(9)7-12(15)8-14/h3-5H,6-8H2,1-2H3. The van der Waals surface area contributed by atoms with Crippen LogP contribution in [0, 0.1) is 6.92 Å². The molecule has 0 fully saturated rings. The average molecular weight is 299 g/mol. The molecule has 0 N–H and O–H groups in total. The monoisotopic (exact) mass is 298 g/mol. The van der Waals surface area contributed by atoms with Gasteiger partial charge in [-0.1, -0.05) is 34.1 Å². The lowest BCUT2D eigenvalue weighted by Gasteiger charge is -2.07. The highest BCUT2D eigenvalue weighted by molar-refractivity contribution is 9.09. The van der Waals surface area contributed by atoms with E-state index in [-0.39, 0.29) is 18.2 Å². The summed E-state index contributed by atoms with van der Waals surface area (Å²) in [5.41, 5.74) is 2.94. The third-order valence-electron chi connectivity index (χ3n) is 2.52. The third-order valence-corrected chi connectivity index (χ3v) is 3.15. The molecule has 0 aliphatic carbocycles. The highest BCUT2D eigenvalue weighted by atomic mass is 79.9. The van der Waals surface area contributed by atoms with Gasteiger partial charge in [-0.25, -0.2) is 0 Å². The molecular formula is C13H15BrO3. The Labute approximate surface area is 109 Å². The van der Waals surface area contributed by atoms with Crippen LogP contribution in [0.4, 0.5) is 0 Å². The number of hydrogen-bond donors (Lipinski definition) is 0. The SMILES string of the molecule is COC(=O)Cc1ccc(CC(=O)CBr)c(C)c1. The lowest BCUT2D eigenvalue weighted by atomic mass is 10.00. The van der Waals surface area contributed by atoms with E-state index in [0.29, 0.717) is 11.8 Å². The number of carbonyl (C=O) groups excluding carboxylic acids is 2. The molecule has 1 aromatic rings. The number of ketones is 1. The van der Waals surface area contributed by atoms with Gasteiger partial charge in [0.15, 0.2) is 0 Å². The summed E-state index contributed by atoms with van der Waals surface area (Å²) in [5.74, 6) is -0.109. The molecule has 17 heavy (non-hydrogen) atoms. The van der Waals surface area contributed by atoms with E-state index in [1.54, 1.807) is 0 Å². The summed E-state index contributed by atoms with van der Waals surface area (Å²) in [6.07, 6.45) is 0.694. The Morgan fingerprint density at radius 1 is 1.29 bits per heavy atom. The minimum absolute atomic E-state index is 0.147. The maximum Gasteiger partial charge on any atom is 0.309 e. The number of benzene rings is 1. The van der Waals surface area contributed by atoms with E-state index in [2.05, 4.69) is 20.7 Å². The molecular weight excluding hydrogens is 284 g/mol. The first-order valence-corrected chi connectivity index (χ1v) is 6.42. The Morgan fingerprint density at radius 3 is 2.53 bits per heavy atom. The van der Waals surface area contributed by atoms with E-state index >= 15 is 0 Å². The van der Waals surface area contributed by atoms with Crippen LogP contribution >= 0.6 is 15.9 Å². The van der Waals surface area contributed by atoms with E-state index in [1.165, 1.54) is 7.11 Å². The van der Waals surface area contributed by atoms with Gasteiger partial charge in [-0.05, 0) is 23.6 Å². The van der Waals surface area contributed by atoms with Crippen LogP contribution in [-0.4, -0.2) is 24.2 Å². The van der Waals surface area contributed by atoms with Gasteiger partial charge >= 0.3 is 5.97 Å². The normalized spacial score (nSPS) is 10.1. The summed E-state index contributed by atoms with van der Waals surface area (Å²) in [4.78, 5) is 22.4. The molecule has 0 aliphatic rings. The summed E-state index contributed by atoms with van der Waals surface area (Å²) < 4.78 is 4.61. The first-order chi connectivity index (χ1) is 8.06. The summed E-state index contributed by atoms with van der Waals surface area (Å²) >= 11 is 3.14. The van der Waals surface area contributed by atoms with Crippen molar-refractivity contribution in [2.24, 2.45) is 0 Å². The van der Waals surface area contributed by atoms with Gasteiger partial charge < -0.3 is 4.74 Å². The molecule has 0 saturated heterocycles. The van der Waals surface area contributed by atoms with Crippen molar-refractivity contribution in [2.45, 2.75) is 19.8 Å². The molecule has 1 aromatic carbocycles. The fraction of sp³-hybridized carbons (Fsp3) is 0.385. The summed E-state index contributed by atoms with van der Waals surface area (Å²) in [6.45, 7) is 1.94. The van der Waals surface area contributed by atoms with Crippen LogP contribution in [0.1, 0.15) is 16.7 Å². The van der Waals surface area contributed by atoms with Gasteiger partial charge in [0.1, 0.15) is 5.78 Å². The van der Waals surface area contributed by atoms with Gasteiger partial charge in [0.25, 0.3) is 0 Å². The number of methoxy groups -OCH3 is 1. The van der Waals surface area contributed by atoms with Crippen LogP contribution in [-0.2, 0) is 27.2 Å². The van der Waals surface area contributed by atoms with Crippen molar-refractivity contribution in [3.63, 3.8) is 0 Å². The predicted molar refractivity (Wildman–Crippen MR) is 69.4 cm³/mol. The number of Topliss-reactive ketones (excluding diaryl/α,β-unsaturated/α-hetero) is 1. The van der Waals surface area contributed by atoms with Crippen molar-refractivity contribution in [3.05, 3.63) is 34.9 Å². The molecule has 0 radical (unpaired) electrons. The molecule has 0 spiro atoms. The Hall–Kier alpha value is -1.16. The Balaban J connectivity index is 2.79. The van der Waals surface area contributed by atoms with Gasteiger partial charge in [-0.2, -0.15) is 0 Å². The molecule has 0 atom stereocenters. The number of hydrogen-bond acceptors (Lipinski definition) is 3. The number of aryl methyl sites for hydroxylation is 1. The van der Waals surface area contributed by atoms with E-state index < -0.39 is 0 Å². The molecule has 0 amide bonds. The van der Waals surface area contributed by atoms with Gasteiger partial charge in [0.2, 0.25) is 0 Å². The van der Waals surface area contributed by atoms with Crippen LogP contribution in [0.3, 0.4) is 0 Å². The van der Waals surface area contributed by atoms with Crippen molar-refractivity contribution in [2.75, 3.05) is 12.4 Å². The zero-order chi connectivity index (χ0) is 12.8. The average Bonchev–Trinajstić information content (AvgIpc) is 2.32. The smallest absolute Gasteiger partial charge is 0.309 e. The fourth-order valence-corrected chi connectivity index (χ4v) is 1.76. The Morgan fingerprint density at radius 2 is 2.00 bits per heavy atom. The van der Waals surface area contributed by atoms with Crippen molar-refractivity contribution >= 4 is 27.7 Å². The van der Waals surface area contributed by atoms with Crippen molar-refractivity contribution in [3.8, 4) is 0 Å². The third kappa shape index (κ3) is 4.30. The molecule has 0 aromatic heterocycles. The summed E-state index contributed by atoms with van der Waals surface area (Å²) in [5, 5.41) is 0.371. The zero-order valence-corrected chi connectivity index (χ0v) is 11.5. The van der Waals surface area contributed by atoms with E-state index in [1.807, 2.05) is 25.1 Å². The van der Waals surface area contributed by atoms with E-state index in [9.17, 15) is 9.59 Å². The topological polar surface area (TPSA) is 43.4 Å².